The smallest absolute Gasteiger partial charge is 0.115 e. The van der Waals surface area contributed by atoms with Crippen molar-refractivity contribution in [3.8, 4) is 22.6 Å². The van der Waals surface area contributed by atoms with Gasteiger partial charge in [0.2, 0.25) is 0 Å². The second-order valence-electron chi connectivity index (χ2n) is 7.23. The van der Waals surface area contributed by atoms with E-state index in [1.807, 2.05) is 48.5 Å². The summed E-state index contributed by atoms with van der Waals surface area (Å²) in [4.78, 5) is 0. The Morgan fingerprint density at radius 1 is 0.552 bits per heavy atom. The maximum Gasteiger partial charge on any atom is 0.115 e. The standard InChI is InChI=1S/C25H16Br2O2/c26-17-7-9-21-22-10-8-18(27)14-24(22)25(23(21)13-17,15-3-1-5-19(28)11-15)16-4-2-6-20(29)12-16/h1-14,28-29H. The lowest BCUT2D eigenvalue weighted by Crippen LogP contribution is -2.28. The monoisotopic (exact) mass is 506 g/mol. The van der Waals surface area contributed by atoms with Crippen LogP contribution in [0.4, 0.5) is 0 Å². The normalized spacial score (nSPS) is 13.7. The Bertz CT molecular complexity index is 1160. The number of phenolic OH excluding ortho intramolecular Hbond substituents is 2. The van der Waals surface area contributed by atoms with Gasteiger partial charge in [0.05, 0.1) is 5.41 Å². The van der Waals surface area contributed by atoms with Crippen molar-refractivity contribution >= 4 is 31.9 Å². The van der Waals surface area contributed by atoms with Crippen LogP contribution in [0.5, 0.6) is 11.5 Å². The van der Waals surface area contributed by atoms with Gasteiger partial charge in [-0.05, 0) is 81.9 Å². The Kier molecular flexibility index (Phi) is 4.30. The van der Waals surface area contributed by atoms with Gasteiger partial charge in [0.25, 0.3) is 0 Å². The lowest BCUT2D eigenvalue weighted by atomic mass is 9.67. The fourth-order valence-electron chi connectivity index (χ4n) is 4.54. The molecule has 0 bridgehead atoms. The Labute approximate surface area is 185 Å². The van der Waals surface area contributed by atoms with Gasteiger partial charge in [0, 0.05) is 8.95 Å². The van der Waals surface area contributed by atoms with Crippen molar-refractivity contribution in [2.45, 2.75) is 5.41 Å². The molecule has 1 aliphatic carbocycles. The minimum atomic E-state index is -0.671. The highest BCUT2D eigenvalue weighted by atomic mass is 79.9. The second kappa shape index (κ2) is 6.75. The summed E-state index contributed by atoms with van der Waals surface area (Å²) in [6.45, 7) is 0. The van der Waals surface area contributed by atoms with Gasteiger partial charge in [0.1, 0.15) is 11.5 Å². The molecule has 0 fully saturated rings. The summed E-state index contributed by atoms with van der Waals surface area (Å²) in [7, 11) is 0. The first-order valence-corrected chi connectivity index (χ1v) is 10.8. The molecule has 0 atom stereocenters. The number of halogens is 2. The fourth-order valence-corrected chi connectivity index (χ4v) is 5.26. The molecule has 0 radical (unpaired) electrons. The van der Waals surface area contributed by atoms with Gasteiger partial charge in [-0.15, -0.1) is 0 Å². The molecule has 0 aliphatic heterocycles. The van der Waals surface area contributed by atoms with Crippen LogP contribution in [0, 0.1) is 0 Å². The van der Waals surface area contributed by atoms with Gasteiger partial charge in [0.15, 0.2) is 0 Å². The zero-order valence-corrected chi connectivity index (χ0v) is 18.4. The molecule has 4 aromatic rings. The maximum absolute atomic E-state index is 10.3. The number of phenols is 2. The first-order chi connectivity index (χ1) is 14.0. The lowest BCUT2D eigenvalue weighted by molar-refractivity contribution is 0.472. The van der Waals surface area contributed by atoms with E-state index in [-0.39, 0.29) is 11.5 Å². The highest BCUT2D eigenvalue weighted by Crippen LogP contribution is 2.57. The third-order valence-electron chi connectivity index (χ3n) is 5.62. The van der Waals surface area contributed by atoms with Crippen LogP contribution in [-0.4, -0.2) is 10.2 Å². The first kappa shape index (κ1) is 18.5. The molecule has 2 N–H and O–H groups in total. The summed E-state index contributed by atoms with van der Waals surface area (Å²) >= 11 is 7.28. The van der Waals surface area contributed by atoms with Crippen molar-refractivity contribution in [2.24, 2.45) is 0 Å². The molecule has 0 heterocycles. The van der Waals surface area contributed by atoms with Crippen molar-refractivity contribution in [2.75, 3.05) is 0 Å². The molecular formula is C25H16Br2O2. The molecule has 0 saturated carbocycles. The fraction of sp³-hybridized carbons (Fsp3) is 0.0400. The van der Waals surface area contributed by atoms with E-state index in [9.17, 15) is 10.2 Å². The van der Waals surface area contributed by atoms with Gasteiger partial charge in [-0.1, -0.05) is 68.3 Å². The number of benzene rings is 4. The molecule has 2 nitrogen and oxygen atoms in total. The van der Waals surface area contributed by atoms with E-state index in [1.165, 1.54) is 0 Å². The first-order valence-electron chi connectivity index (χ1n) is 9.19. The van der Waals surface area contributed by atoms with Crippen LogP contribution in [0.2, 0.25) is 0 Å². The predicted octanol–water partition coefficient (Wildman–Crippen LogP) is 6.99. The number of hydrogen-bond donors (Lipinski definition) is 2. The van der Waals surface area contributed by atoms with E-state index < -0.39 is 5.41 Å². The Hall–Kier alpha value is -2.56. The van der Waals surface area contributed by atoms with Crippen LogP contribution in [0.3, 0.4) is 0 Å². The van der Waals surface area contributed by atoms with Gasteiger partial charge in [-0.2, -0.15) is 0 Å². The van der Waals surface area contributed by atoms with Crippen LogP contribution in [0.1, 0.15) is 22.3 Å². The van der Waals surface area contributed by atoms with Crippen molar-refractivity contribution in [1.82, 2.24) is 0 Å². The Morgan fingerprint density at radius 3 is 1.41 bits per heavy atom. The molecule has 4 heteroatoms. The Morgan fingerprint density at radius 2 is 1.00 bits per heavy atom. The highest BCUT2D eigenvalue weighted by molar-refractivity contribution is 9.10. The summed E-state index contributed by atoms with van der Waals surface area (Å²) < 4.78 is 1.96. The largest absolute Gasteiger partial charge is 0.508 e. The van der Waals surface area contributed by atoms with Gasteiger partial charge >= 0.3 is 0 Å². The van der Waals surface area contributed by atoms with Crippen LogP contribution in [0.15, 0.2) is 93.9 Å². The van der Waals surface area contributed by atoms with Crippen molar-refractivity contribution < 1.29 is 10.2 Å². The third kappa shape index (κ3) is 2.74. The molecule has 0 saturated heterocycles. The van der Waals surface area contributed by atoms with E-state index in [1.54, 1.807) is 12.1 Å². The van der Waals surface area contributed by atoms with Crippen molar-refractivity contribution in [1.29, 1.82) is 0 Å². The molecule has 0 amide bonds. The number of fused-ring (bicyclic) bond motifs is 3. The van der Waals surface area contributed by atoms with E-state index in [0.717, 1.165) is 42.3 Å². The summed E-state index contributed by atoms with van der Waals surface area (Å²) in [6.07, 6.45) is 0. The number of aromatic hydroxyl groups is 2. The van der Waals surface area contributed by atoms with Crippen LogP contribution < -0.4 is 0 Å². The molecule has 1 aliphatic rings. The number of rotatable bonds is 2. The minimum Gasteiger partial charge on any atom is -0.508 e. The zero-order valence-electron chi connectivity index (χ0n) is 15.2. The molecule has 0 spiro atoms. The lowest BCUT2D eigenvalue weighted by Gasteiger charge is -2.34. The molecular weight excluding hydrogens is 492 g/mol. The molecule has 142 valence electrons. The summed E-state index contributed by atoms with van der Waals surface area (Å²) in [5.74, 6) is 0.420. The van der Waals surface area contributed by atoms with Crippen molar-refractivity contribution in [3.63, 3.8) is 0 Å². The number of hydrogen-bond acceptors (Lipinski definition) is 2. The third-order valence-corrected chi connectivity index (χ3v) is 6.61. The van der Waals surface area contributed by atoms with Crippen LogP contribution >= 0.6 is 31.9 Å². The van der Waals surface area contributed by atoms with Crippen LogP contribution in [-0.2, 0) is 5.41 Å². The van der Waals surface area contributed by atoms with Gasteiger partial charge in [-0.25, -0.2) is 0 Å². The zero-order chi connectivity index (χ0) is 20.2. The summed E-state index contributed by atoms with van der Waals surface area (Å²) in [5, 5.41) is 20.7. The van der Waals surface area contributed by atoms with Crippen LogP contribution in [0.25, 0.3) is 11.1 Å². The molecule has 29 heavy (non-hydrogen) atoms. The van der Waals surface area contributed by atoms with Crippen molar-refractivity contribution in [3.05, 3.63) is 116 Å². The van der Waals surface area contributed by atoms with E-state index >= 15 is 0 Å². The van der Waals surface area contributed by atoms with Gasteiger partial charge < -0.3 is 10.2 Å². The summed E-state index contributed by atoms with van der Waals surface area (Å²) in [5.41, 5.74) is 5.71. The predicted molar refractivity (Wildman–Crippen MR) is 122 cm³/mol. The molecule has 4 aromatic carbocycles. The van der Waals surface area contributed by atoms with E-state index in [0.29, 0.717) is 0 Å². The highest BCUT2D eigenvalue weighted by Gasteiger charge is 2.46. The molecule has 0 unspecified atom stereocenters. The van der Waals surface area contributed by atoms with E-state index in [4.69, 9.17) is 0 Å². The maximum atomic E-state index is 10.3. The van der Waals surface area contributed by atoms with Gasteiger partial charge in [-0.3, -0.25) is 0 Å². The molecule has 0 aromatic heterocycles. The molecule has 5 rings (SSSR count). The average Bonchev–Trinajstić information content (AvgIpc) is 2.97. The SMILES string of the molecule is Oc1cccc(C2(c3cccc(O)c3)c3cc(Br)ccc3-c3ccc(Br)cc32)c1. The average molecular weight is 508 g/mol. The minimum absolute atomic E-state index is 0.210. The summed E-state index contributed by atoms with van der Waals surface area (Å²) in [6, 6.07) is 27.4. The quantitative estimate of drug-likeness (QED) is 0.270. The topological polar surface area (TPSA) is 40.5 Å². The van der Waals surface area contributed by atoms with E-state index in [2.05, 4.69) is 56.1 Å². The second-order valence-corrected chi connectivity index (χ2v) is 9.06. The Balaban J connectivity index is 2.01.